The molecule has 5 nitrogen and oxygen atoms in total. The van der Waals surface area contributed by atoms with Gasteiger partial charge in [-0.15, -0.1) is 11.3 Å². The summed E-state index contributed by atoms with van der Waals surface area (Å²) in [7, 11) is 0. The van der Waals surface area contributed by atoms with Gasteiger partial charge in [0.15, 0.2) is 5.13 Å². The van der Waals surface area contributed by atoms with Crippen LogP contribution in [0.3, 0.4) is 0 Å². The van der Waals surface area contributed by atoms with E-state index in [1.165, 1.54) is 0 Å². The molecule has 1 aromatic rings. The highest BCUT2D eigenvalue weighted by atomic mass is 32.1. The van der Waals surface area contributed by atoms with Gasteiger partial charge < -0.3 is 15.5 Å². The fourth-order valence-corrected chi connectivity index (χ4v) is 2.47. The molecule has 6 heteroatoms. The van der Waals surface area contributed by atoms with Gasteiger partial charge in [-0.2, -0.15) is 0 Å². The summed E-state index contributed by atoms with van der Waals surface area (Å²) in [6, 6.07) is -0.397. The smallest absolute Gasteiger partial charge is 0.239 e. The highest BCUT2D eigenvalue weighted by Crippen LogP contribution is 2.18. The van der Waals surface area contributed by atoms with E-state index in [1.54, 1.807) is 24.5 Å². The Bertz CT molecular complexity index is 344. The van der Waals surface area contributed by atoms with E-state index >= 15 is 0 Å². The van der Waals surface area contributed by atoms with Gasteiger partial charge in [-0.05, 0) is 6.92 Å². The van der Waals surface area contributed by atoms with E-state index in [0.717, 1.165) is 31.3 Å². The lowest BCUT2D eigenvalue weighted by Crippen LogP contribution is -2.52. The lowest BCUT2D eigenvalue weighted by Gasteiger charge is -2.35. The Labute approximate surface area is 98.9 Å². The molecule has 1 atom stereocenters. The van der Waals surface area contributed by atoms with Crippen LogP contribution in [0.5, 0.6) is 0 Å². The third kappa shape index (κ3) is 2.33. The average molecular weight is 240 g/mol. The molecule has 1 saturated heterocycles. The van der Waals surface area contributed by atoms with Crippen LogP contribution in [0.1, 0.15) is 6.92 Å². The van der Waals surface area contributed by atoms with Crippen LogP contribution in [0.25, 0.3) is 0 Å². The van der Waals surface area contributed by atoms with Crippen LogP contribution < -0.4 is 10.6 Å². The van der Waals surface area contributed by atoms with Crippen LogP contribution in [0.2, 0.25) is 0 Å². The molecule has 1 fully saturated rings. The SMILES string of the molecule is C[C@@H](N)C(=O)N1CCN(c2nccs2)CC1. The maximum absolute atomic E-state index is 11.7. The first-order valence-electron chi connectivity index (χ1n) is 5.37. The molecule has 1 aliphatic rings. The molecule has 1 amide bonds. The molecule has 0 spiro atoms. The van der Waals surface area contributed by atoms with Gasteiger partial charge in [0, 0.05) is 37.8 Å². The van der Waals surface area contributed by atoms with Gasteiger partial charge in [0.2, 0.25) is 5.91 Å². The minimum atomic E-state index is -0.397. The summed E-state index contributed by atoms with van der Waals surface area (Å²) in [5.74, 6) is 0.0405. The topological polar surface area (TPSA) is 62.5 Å². The monoisotopic (exact) mass is 240 g/mol. The zero-order valence-electron chi connectivity index (χ0n) is 9.30. The van der Waals surface area contributed by atoms with Crippen molar-refractivity contribution in [1.29, 1.82) is 0 Å². The van der Waals surface area contributed by atoms with Crippen molar-refractivity contribution in [1.82, 2.24) is 9.88 Å². The first-order valence-corrected chi connectivity index (χ1v) is 6.25. The van der Waals surface area contributed by atoms with E-state index in [-0.39, 0.29) is 5.91 Å². The predicted molar refractivity (Wildman–Crippen MR) is 64.6 cm³/mol. The minimum Gasteiger partial charge on any atom is -0.345 e. The Morgan fingerprint density at radius 2 is 2.19 bits per heavy atom. The molecular weight excluding hydrogens is 224 g/mol. The lowest BCUT2D eigenvalue weighted by molar-refractivity contribution is -0.132. The summed E-state index contributed by atoms with van der Waals surface area (Å²) in [5, 5.41) is 3.00. The maximum Gasteiger partial charge on any atom is 0.239 e. The van der Waals surface area contributed by atoms with Crippen LogP contribution in [0.4, 0.5) is 5.13 Å². The fraction of sp³-hybridized carbons (Fsp3) is 0.600. The molecule has 1 aromatic heterocycles. The van der Waals surface area contributed by atoms with Crippen molar-refractivity contribution in [2.24, 2.45) is 5.73 Å². The molecule has 1 aliphatic heterocycles. The summed E-state index contributed by atoms with van der Waals surface area (Å²) in [6.07, 6.45) is 1.81. The number of aromatic nitrogens is 1. The van der Waals surface area contributed by atoms with Gasteiger partial charge in [-0.25, -0.2) is 4.98 Å². The molecule has 0 radical (unpaired) electrons. The molecule has 2 heterocycles. The van der Waals surface area contributed by atoms with Crippen molar-refractivity contribution in [3.05, 3.63) is 11.6 Å². The van der Waals surface area contributed by atoms with E-state index in [0.29, 0.717) is 0 Å². The average Bonchev–Trinajstić information content (AvgIpc) is 2.81. The summed E-state index contributed by atoms with van der Waals surface area (Å²) in [5.41, 5.74) is 5.58. The van der Waals surface area contributed by atoms with Crippen molar-refractivity contribution < 1.29 is 4.79 Å². The molecular formula is C10H16N4OS. The summed E-state index contributed by atoms with van der Waals surface area (Å²) in [4.78, 5) is 20.0. The van der Waals surface area contributed by atoms with Gasteiger partial charge in [0.25, 0.3) is 0 Å². The number of hydrogen-bond donors (Lipinski definition) is 1. The molecule has 0 saturated carbocycles. The number of rotatable bonds is 2. The van der Waals surface area contributed by atoms with E-state index in [1.807, 2.05) is 10.3 Å². The number of amides is 1. The Kier molecular flexibility index (Phi) is 3.40. The highest BCUT2D eigenvalue weighted by Gasteiger charge is 2.23. The molecule has 2 N–H and O–H groups in total. The van der Waals surface area contributed by atoms with Crippen LogP contribution >= 0.6 is 11.3 Å². The number of anilines is 1. The molecule has 0 bridgehead atoms. The third-order valence-corrected chi connectivity index (χ3v) is 3.50. The predicted octanol–water partition coefficient (Wildman–Crippen LogP) is 0.139. The lowest BCUT2D eigenvalue weighted by atomic mass is 10.2. The summed E-state index contributed by atoms with van der Waals surface area (Å²) in [6.45, 7) is 4.88. The molecule has 88 valence electrons. The van der Waals surface area contributed by atoms with Crippen molar-refractivity contribution in [2.75, 3.05) is 31.1 Å². The van der Waals surface area contributed by atoms with E-state index in [9.17, 15) is 4.79 Å². The first-order chi connectivity index (χ1) is 7.68. The Morgan fingerprint density at radius 1 is 1.50 bits per heavy atom. The number of nitrogens with two attached hydrogens (primary N) is 1. The van der Waals surface area contributed by atoms with E-state index in [4.69, 9.17) is 5.73 Å². The maximum atomic E-state index is 11.7. The van der Waals surface area contributed by atoms with Crippen molar-refractivity contribution in [3.63, 3.8) is 0 Å². The zero-order chi connectivity index (χ0) is 11.5. The standard InChI is InChI=1S/C10H16N4OS/c1-8(11)9(15)13-3-5-14(6-4-13)10-12-2-7-16-10/h2,7-8H,3-6,11H2,1H3/t8-/m1/s1. The van der Waals surface area contributed by atoms with E-state index < -0.39 is 6.04 Å². The number of thiazole rings is 1. The molecule has 16 heavy (non-hydrogen) atoms. The quantitative estimate of drug-likeness (QED) is 0.798. The number of piperazine rings is 1. The van der Waals surface area contributed by atoms with Gasteiger partial charge >= 0.3 is 0 Å². The normalized spacial score (nSPS) is 18.6. The van der Waals surface area contributed by atoms with E-state index in [2.05, 4.69) is 9.88 Å². The first kappa shape index (κ1) is 11.3. The second kappa shape index (κ2) is 4.80. The van der Waals surface area contributed by atoms with Crippen LogP contribution in [-0.4, -0.2) is 48.0 Å². The number of carbonyl (C=O) groups is 1. The molecule has 0 aromatic carbocycles. The second-order valence-corrected chi connectivity index (χ2v) is 4.79. The second-order valence-electron chi connectivity index (χ2n) is 3.92. The molecule has 0 aliphatic carbocycles. The van der Waals surface area contributed by atoms with Crippen molar-refractivity contribution >= 4 is 22.4 Å². The van der Waals surface area contributed by atoms with Crippen LogP contribution in [-0.2, 0) is 4.79 Å². The Balaban J connectivity index is 1.90. The zero-order valence-corrected chi connectivity index (χ0v) is 10.1. The highest BCUT2D eigenvalue weighted by molar-refractivity contribution is 7.13. The number of carbonyl (C=O) groups excluding carboxylic acids is 1. The number of hydrogen-bond acceptors (Lipinski definition) is 5. The van der Waals surface area contributed by atoms with Gasteiger partial charge in [0.05, 0.1) is 6.04 Å². The molecule has 2 rings (SSSR count). The van der Waals surface area contributed by atoms with Gasteiger partial charge in [-0.3, -0.25) is 4.79 Å². The third-order valence-electron chi connectivity index (χ3n) is 2.67. The Morgan fingerprint density at radius 3 is 2.69 bits per heavy atom. The minimum absolute atomic E-state index is 0.0405. The van der Waals surface area contributed by atoms with Crippen LogP contribution in [0, 0.1) is 0 Å². The molecule has 0 unspecified atom stereocenters. The number of nitrogens with zero attached hydrogens (tertiary/aromatic N) is 3. The van der Waals surface area contributed by atoms with Crippen molar-refractivity contribution in [3.8, 4) is 0 Å². The largest absolute Gasteiger partial charge is 0.345 e. The van der Waals surface area contributed by atoms with Gasteiger partial charge in [0.1, 0.15) is 0 Å². The summed E-state index contributed by atoms with van der Waals surface area (Å²) < 4.78 is 0. The van der Waals surface area contributed by atoms with Crippen molar-refractivity contribution in [2.45, 2.75) is 13.0 Å². The van der Waals surface area contributed by atoms with Gasteiger partial charge in [-0.1, -0.05) is 0 Å². The Hall–Kier alpha value is -1.14. The van der Waals surface area contributed by atoms with Crippen LogP contribution in [0.15, 0.2) is 11.6 Å². The fourth-order valence-electron chi connectivity index (χ4n) is 1.78. The summed E-state index contributed by atoms with van der Waals surface area (Å²) >= 11 is 1.63.